The number of nitrogens with zero attached hydrogens (tertiary/aromatic N) is 5. The van der Waals surface area contributed by atoms with Crippen molar-refractivity contribution in [3.63, 3.8) is 0 Å². The van der Waals surface area contributed by atoms with Gasteiger partial charge in [0, 0.05) is 24.4 Å². The number of rotatable bonds is 4. The van der Waals surface area contributed by atoms with Crippen LogP contribution in [0, 0.1) is 6.92 Å². The lowest BCUT2D eigenvalue weighted by Gasteiger charge is -2.08. The minimum Gasteiger partial charge on any atom is -0.269 e. The molecule has 0 spiro atoms. The number of hydrogen-bond acceptors (Lipinski definition) is 6. The van der Waals surface area contributed by atoms with E-state index in [1.165, 1.54) is 21.9 Å². The Kier molecular flexibility index (Phi) is 6.29. The zero-order valence-corrected chi connectivity index (χ0v) is 21.4. The molecule has 6 nitrogen and oxygen atoms in total. The summed E-state index contributed by atoms with van der Waals surface area (Å²) in [5, 5.41) is 16.7. The first-order valence-electron chi connectivity index (χ1n) is 8.80. The fourth-order valence-electron chi connectivity index (χ4n) is 2.79. The topological polar surface area (TPSA) is 70.3 Å². The Balaban J connectivity index is 1.56. The SMILES string of the molecule is CC1=NN(c2nc(-c3ccc(C)cc3)cs2)C(=O)[C@H]1N=Nc1c(Br)cc(Br)cc1Br. The second kappa shape index (κ2) is 8.78. The van der Waals surface area contributed by atoms with E-state index in [-0.39, 0.29) is 5.91 Å². The molecule has 0 N–H and O–H groups in total. The van der Waals surface area contributed by atoms with Gasteiger partial charge in [-0.05, 0) is 57.8 Å². The second-order valence-electron chi connectivity index (χ2n) is 6.61. The highest BCUT2D eigenvalue weighted by molar-refractivity contribution is 9.11. The summed E-state index contributed by atoms with van der Waals surface area (Å²) < 4.78 is 2.41. The molecule has 4 rings (SSSR count). The van der Waals surface area contributed by atoms with Crippen molar-refractivity contribution >= 4 is 81.6 Å². The molecule has 1 aromatic heterocycles. The molecule has 0 radical (unpaired) electrons. The molecule has 1 amide bonds. The zero-order valence-electron chi connectivity index (χ0n) is 15.8. The molecule has 30 heavy (non-hydrogen) atoms. The Morgan fingerprint density at radius 2 is 1.73 bits per heavy atom. The summed E-state index contributed by atoms with van der Waals surface area (Å²) >= 11 is 11.7. The molecule has 0 saturated heterocycles. The van der Waals surface area contributed by atoms with Gasteiger partial charge in [-0.15, -0.1) is 11.3 Å². The summed E-state index contributed by atoms with van der Waals surface area (Å²) in [6.45, 7) is 3.80. The van der Waals surface area contributed by atoms with Gasteiger partial charge in [0.25, 0.3) is 5.91 Å². The Morgan fingerprint density at radius 1 is 1.07 bits per heavy atom. The highest BCUT2D eigenvalue weighted by Gasteiger charge is 2.36. The molecule has 1 aliphatic rings. The van der Waals surface area contributed by atoms with Gasteiger partial charge in [-0.3, -0.25) is 4.79 Å². The number of benzene rings is 2. The van der Waals surface area contributed by atoms with Crippen molar-refractivity contribution in [3.8, 4) is 11.3 Å². The van der Waals surface area contributed by atoms with Crippen LogP contribution in [-0.4, -0.2) is 22.6 Å². The molecule has 1 aliphatic heterocycles. The molecular formula is C20H14Br3N5OS. The minimum atomic E-state index is -0.779. The molecule has 2 aromatic carbocycles. The molecule has 3 aromatic rings. The van der Waals surface area contributed by atoms with E-state index < -0.39 is 6.04 Å². The number of aryl methyl sites for hydroxylation is 1. The van der Waals surface area contributed by atoms with Gasteiger partial charge in [0.1, 0.15) is 5.69 Å². The molecular weight excluding hydrogens is 598 g/mol. The molecule has 0 bridgehead atoms. The summed E-state index contributed by atoms with van der Waals surface area (Å²) in [4.78, 5) is 17.5. The van der Waals surface area contributed by atoms with Crippen LogP contribution in [0.15, 0.2) is 70.5 Å². The van der Waals surface area contributed by atoms with E-state index >= 15 is 0 Å². The standard InChI is InChI=1S/C20H14Br3N5OS/c1-10-3-5-12(6-4-10)16-9-30-20(24-16)28-19(29)17(11(2)27-28)25-26-18-14(22)7-13(21)8-15(18)23/h3-9,17H,1-2H3/t17-/m0/s1. The maximum atomic E-state index is 12.9. The van der Waals surface area contributed by atoms with E-state index in [4.69, 9.17) is 0 Å². The third-order valence-electron chi connectivity index (χ3n) is 4.37. The predicted octanol–water partition coefficient (Wildman–Crippen LogP) is 7.28. The van der Waals surface area contributed by atoms with Crippen LogP contribution in [0.25, 0.3) is 11.3 Å². The van der Waals surface area contributed by atoms with Crippen LogP contribution in [0.1, 0.15) is 12.5 Å². The van der Waals surface area contributed by atoms with Gasteiger partial charge < -0.3 is 0 Å². The molecule has 2 heterocycles. The molecule has 0 aliphatic carbocycles. The average molecular weight is 612 g/mol. The van der Waals surface area contributed by atoms with E-state index in [9.17, 15) is 4.79 Å². The van der Waals surface area contributed by atoms with Crippen LogP contribution in [0.4, 0.5) is 10.8 Å². The molecule has 0 fully saturated rings. The number of halogens is 3. The fourth-order valence-corrected chi connectivity index (χ4v) is 6.00. The average Bonchev–Trinajstić information content (AvgIpc) is 3.27. The first-order valence-corrected chi connectivity index (χ1v) is 12.1. The van der Waals surface area contributed by atoms with E-state index in [1.807, 2.05) is 48.7 Å². The van der Waals surface area contributed by atoms with Gasteiger partial charge in [-0.25, -0.2) is 4.98 Å². The summed E-state index contributed by atoms with van der Waals surface area (Å²) in [6, 6.07) is 11.0. The van der Waals surface area contributed by atoms with Crippen LogP contribution in [0.3, 0.4) is 0 Å². The van der Waals surface area contributed by atoms with E-state index in [1.54, 1.807) is 6.92 Å². The van der Waals surface area contributed by atoms with E-state index in [2.05, 4.69) is 68.1 Å². The zero-order chi connectivity index (χ0) is 21.4. The Labute approximate surface area is 202 Å². The number of thiazole rings is 1. The lowest BCUT2D eigenvalue weighted by molar-refractivity contribution is -0.117. The highest BCUT2D eigenvalue weighted by atomic mass is 79.9. The number of anilines is 1. The minimum absolute atomic E-state index is 0.273. The van der Waals surface area contributed by atoms with Gasteiger partial charge >= 0.3 is 0 Å². The lowest BCUT2D eigenvalue weighted by Crippen LogP contribution is -2.29. The quantitative estimate of drug-likeness (QED) is 0.291. The normalized spacial score (nSPS) is 16.6. The number of carbonyl (C=O) groups excluding carboxylic acids is 1. The summed E-state index contributed by atoms with van der Waals surface area (Å²) in [5.74, 6) is -0.273. The summed E-state index contributed by atoms with van der Waals surface area (Å²) in [5.41, 5.74) is 4.16. The number of carbonyl (C=O) groups is 1. The number of hydrazone groups is 1. The molecule has 10 heteroatoms. The van der Waals surface area contributed by atoms with Crippen molar-refractivity contribution in [2.24, 2.45) is 15.3 Å². The first-order chi connectivity index (χ1) is 14.3. The van der Waals surface area contributed by atoms with Crippen molar-refractivity contribution in [2.75, 3.05) is 5.01 Å². The van der Waals surface area contributed by atoms with Crippen LogP contribution in [0.2, 0.25) is 0 Å². The number of azo groups is 1. The Bertz CT molecular complexity index is 1170. The smallest absolute Gasteiger partial charge is 0.269 e. The van der Waals surface area contributed by atoms with Crippen molar-refractivity contribution < 1.29 is 4.79 Å². The van der Waals surface area contributed by atoms with Gasteiger partial charge in [0.05, 0.1) is 11.4 Å². The van der Waals surface area contributed by atoms with E-state index in [0.717, 1.165) is 24.7 Å². The monoisotopic (exact) mass is 609 g/mol. The maximum Gasteiger partial charge on any atom is 0.282 e. The lowest BCUT2D eigenvalue weighted by atomic mass is 10.1. The second-order valence-corrected chi connectivity index (χ2v) is 10.1. The molecule has 0 unspecified atom stereocenters. The van der Waals surface area contributed by atoms with Crippen LogP contribution in [-0.2, 0) is 4.79 Å². The fraction of sp³-hybridized carbons (Fsp3) is 0.150. The van der Waals surface area contributed by atoms with Crippen LogP contribution >= 0.6 is 59.1 Å². The van der Waals surface area contributed by atoms with Gasteiger partial charge in [0.15, 0.2) is 6.04 Å². The number of aromatic nitrogens is 1. The van der Waals surface area contributed by atoms with Crippen molar-refractivity contribution in [2.45, 2.75) is 19.9 Å². The summed E-state index contributed by atoms with van der Waals surface area (Å²) in [6.07, 6.45) is 0. The predicted molar refractivity (Wildman–Crippen MR) is 131 cm³/mol. The van der Waals surface area contributed by atoms with Crippen molar-refractivity contribution in [1.29, 1.82) is 0 Å². The van der Waals surface area contributed by atoms with Crippen LogP contribution < -0.4 is 5.01 Å². The third kappa shape index (κ3) is 4.32. The summed E-state index contributed by atoms with van der Waals surface area (Å²) in [7, 11) is 0. The van der Waals surface area contributed by atoms with E-state index in [0.29, 0.717) is 16.5 Å². The number of hydrogen-bond donors (Lipinski definition) is 0. The Hall–Kier alpha value is -1.75. The molecule has 152 valence electrons. The largest absolute Gasteiger partial charge is 0.282 e. The Morgan fingerprint density at radius 3 is 2.40 bits per heavy atom. The first kappa shape index (κ1) is 21.5. The highest BCUT2D eigenvalue weighted by Crippen LogP contribution is 2.37. The van der Waals surface area contributed by atoms with Crippen molar-refractivity contribution in [3.05, 3.63) is 60.8 Å². The number of amides is 1. The third-order valence-corrected chi connectivity index (χ3v) is 6.85. The molecule has 1 atom stereocenters. The van der Waals surface area contributed by atoms with Crippen LogP contribution in [0.5, 0.6) is 0 Å². The van der Waals surface area contributed by atoms with Gasteiger partial charge in [-0.1, -0.05) is 45.8 Å². The van der Waals surface area contributed by atoms with Crippen molar-refractivity contribution in [1.82, 2.24) is 4.98 Å². The molecule has 0 saturated carbocycles. The van der Waals surface area contributed by atoms with Gasteiger partial charge in [-0.2, -0.15) is 20.3 Å². The maximum absolute atomic E-state index is 12.9. The van der Waals surface area contributed by atoms with Gasteiger partial charge in [0.2, 0.25) is 5.13 Å².